The predicted molar refractivity (Wildman–Crippen MR) is 81.0 cm³/mol. The number of hydrogen-bond acceptors (Lipinski definition) is 4. The Hall–Kier alpha value is -1.46. The van der Waals surface area contributed by atoms with E-state index < -0.39 is 0 Å². The van der Waals surface area contributed by atoms with E-state index in [0.29, 0.717) is 25.4 Å². The van der Waals surface area contributed by atoms with Gasteiger partial charge in [0, 0.05) is 11.5 Å². The number of epoxide rings is 2. The fourth-order valence-corrected chi connectivity index (χ4v) is 1.64. The van der Waals surface area contributed by atoms with E-state index in [1.807, 2.05) is 48.5 Å². The summed E-state index contributed by atoms with van der Waals surface area (Å²) in [4.78, 5) is 0. The van der Waals surface area contributed by atoms with Gasteiger partial charge in [0.1, 0.15) is 25.4 Å². The van der Waals surface area contributed by atoms with Gasteiger partial charge in [0.2, 0.25) is 0 Å². The zero-order valence-corrected chi connectivity index (χ0v) is 14.1. The molecule has 23 heavy (non-hydrogen) atoms. The van der Waals surface area contributed by atoms with Gasteiger partial charge in [0.25, 0.3) is 0 Å². The molecule has 4 rings (SSSR count). The van der Waals surface area contributed by atoms with Gasteiger partial charge in [-0.1, -0.05) is 0 Å². The Balaban J connectivity index is 0.000000160. The van der Waals surface area contributed by atoms with Gasteiger partial charge in [-0.2, -0.15) is 36.4 Å². The Morgan fingerprint density at radius 1 is 0.783 bits per heavy atom. The topological polar surface area (TPSA) is 43.5 Å². The summed E-state index contributed by atoms with van der Waals surface area (Å²) in [6.45, 7) is 3.03. The first-order valence-electron chi connectivity index (χ1n) is 7.31. The zero-order chi connectivity index (χ0) is 15.0. The quantitative estimate of drug-likeness (QED) is 0.594. The van der Waals surface area contributed by atoms with E-state index in [2.05, 4.69) is 12.1 Å². The number of hydrogen-bond donors (Lipinski definition) is 0. The summed E-state index contributed by atoms with van der Waals surface area (Å²) < 4.78 is 20.8. The van der Waals surface area contributed by atoms with Crippen molar-refractivity contribution in [3.63, 3.8) is 0 Å². The first kappa shape index (κ1) is 17.9. The Kier molecular flexibility index (Phi) is 7.49. The molecule has 0 spiro atoms. The first-order chi connectivity index (χ1) is 10.9. The smallest absolute Gasteiger partial charge is 0.516 e. The average molecular weight is 349 g/mol. The maximum Gasteiger partial charge on any atom is 2.00 e. The maximum absolute atomic E-state index is 5.38. The maximum atomic E-state index is 5.38. The molecule has 2 saturated heterocycles. The Labute approximate surface area is 148 Å². The largest absolute Gasteiger partial charge is 2.00 e. The van der Waals surface area contributed by atoms with Gasteiger partial charge < -0.3 is 18.9 Å². The molecule has 5 heteroatoms. The predicted octanol–water partition coefficient (Wildman–Crippen LogP) is 2.53. The number of ether oxygens (including phenoxy) is 4. The molecule has 2 unspecified atom stereocenters. The van der Waals surface area contributed by atoms with E-state index in [9.17, 15) is 0 Å². The molecule has 119 valence electrons. The van der Waals surface area contributed by atoms with Gasteiger partial charge in [-0.25, -0.2) is 0 Å². The molecule has 0 saturated carbocycles. The fourth-order valence-electron chi connectivity index (χ4n) is 1.64. The monoisotopic (exact) mass is 349 g/mol. The third kappa shape index (κ3) is 7.57. The van der Waals surface area contributed by atoms with Crippen molar-refractivity contribution in [1.82, 2.24) is 0 Å². The fraction of sp³-hybridized carbons (Fsp3) is 0.333. The van der Waals surface area contributed by atoms with Crippen molar-refractivity contribution in [3.8, 4) is 11.5 Å². The Bertz CT molecular complexity index is 490. The second-order valence-corrected chi connectivity index (χ2v) is 5.00. The molecule has 0 amide bonds. The van der Waals surface area contributed by atoms with Gasteiger partial charge in [0.05, 0.1) is 13.2 Å². The molecule has 0 aliphatic carbocycles. The molecule has 2 heterocycles. The molecule has 0 bridgehead atoms. The van der Waals surface area contributed by atoms with Gasteiger partial charge >= 0.3 is 18.6 Å². The van der Waals surface area contributed by atoms with Crippen LogP contribution in [0.4, 0.5) is 0 Å². The summed E-state index contributed by atoms with van der Waals surface area (Å²) >= 11 is 0. The second-order valence-electron chi connectivity index (χ2n) is 5.00. The molecule has 2 aliphatic heterocycles. The number of benzene rings is 2. The van der Waals surface area contributed by atoms with E-state index in [1.165, 1.54) is 0 Å². The van der Waals surface area contributed by atoms with Crippen LogP contribution >= 0.6 is 0 Å². The van der Waals surface area contributed by atoms with Crippen molar-refractivity contribution < 1.29 is 37.5 Å². The summed E-state index contributed by atoms with van der Waals surface area (Å²) in [6.07, 6.45) is 0.665. The molecule has 2 aromatic carbocycles. The third-order valence-electron chi connectivity index (χ3n) is 3.05. The minimum atomic E-state index is 0. The van der Waals surface area contributed by atoms with Crippen molar-refractivity contribution in [3.05, 3.63) is 60.7 Å². The van der Waals surface area contributed by atoms with Gasteiger partial charge in [0.15, 0.2) is 0 Å². The summed E-state index contributed by atoms with van der Waals surface area (Å²) in [5.41, 5.74) is 0. The summed E-state index contributed by atoms with van der Waals surface area (Å²) in [5, 5.41) is 0. The minimum Gasteiger partial charge on any atom is -0.516 e. The van der Waals surface area contributed by atoms with Crippen molar-refractivity contribution >= 4 is 0 Å². The Morgan fingerprint density at radius 3 is 1.43 bits per heavy atom. The summed E-state index contributed by atoms with van der Waals surface area (Å²) in [6, 6.07) is 20.8. The zero-order valence-electron chi connectivity index (χ0n) is 12.7. The molecule has 4 nitrogen and oxygen atoms in total. The van der Waals surface area contributed by atoms with Gasteiger partial charge in [-0.3, -0.25) is 0 Å². The van der Waals surface area contributed by atoms with Crippen LogP contribution in [-0.2, 0) is 28.0 Å². The summed E-state index contributed by atoms with van der Waals surface area (Å²) in [7, 11) is 0. The molecule has 0 aromatic heterocycles. The first-order valence-corrected chi connectivity index (χ1v) is 7.31. The van der Waals surface area contributed by atoms with Gasteiger partial charge in [-0.15, -0.1) is 24.3 Å². The van der Waals surface area contributed by atoms with Crippen molar-refractivity contribution in [2.45, 2.75) is 12.2 Å². The average Bonchev–Trinajstić information content (AvgIpc) is 3.49. The van der Waals surface area contributed by atoms with Crippen LogP contribution in [0.5, 0.6) is 11.5 Å². The van der Waals surface area contributed by atoms with Crippen molar-refractivity contribution in [2.75, 3.05) is 26.4 Å². The molecule has 1 radical (unpaired) electrons. The molecule has 2 aromatic rings. The SMILES string of the molecule is [V+2].[c-]1ccc(OCC2CO2)cc1.[c-]1ccc(OCC2CO2)cc1. The molecule has 0 N–H and O–H groups in total. The minimum absolute atomic E-state index is 0. The van der Waals surface area contributed by atoms with Crippen LogP contribution < -0.4 is 9.47 Å². The van der Waals surface area contributed by atoms with Crippen LogP contribution in [-0.4, -0.2) is 38.6 Å². The molecule has 2 aliphatic rings. The van der Waals surface area contributed by atoms with Crippen LogP contribution in [0.2, 0.25) is 0 Å². The summed E-state index contributed by atoms with van der Waals surface area (Å²) in [5.74, 6) is 1.78. The van der Waals surface area contributed by atoms with Crippen LogP contribution in [0.3, 0.4) is 0 Å². The molecular weight excluding hydrogens is 331 g/mol. The van der Waals surface area contributed by atoms with E-state index in [-0.39, 0.29) is 18.6 Å². The molecular formula is C18H18O4V. The van der Waals surface area contributed by atoms with Crippen LogP contribution in [0.25, 0.3) is 0 Å². The van der Waals surface area contributed by atoms with E-state index >= 15 is 0 Å². The second kappa shape index (κ2) is 9.63. The van der Waals surface area contributed by atoms with E-state index in [0.717, 1.165) is 24.7 Å². The van der Waals surface area contributed by atoms with Crippen LogP contribution in [0.15, 0.2) is 48.5 Å². The normalized spacial score (nSPS) is 20.3. The number of rotatable bonds is 6. The van der Waals surface area contributed by atoms with Crippen molar-refractivity contribution in [2.24, 2.45) is 0 Å². The third-order valence-corrected chi connectivity index (χ3v) is 3.05. The van der Waals surface area contributed by atoms with E-state index in [1.54, 1.807) is 0 Å². The standard InChI is InChI=1S/2C9H9O2.V/c2*1-2-4-8(5-3-1)10-6-9-7-11-9;/h2*2-5,9H,6-7H2;/q2*-1;+2. The van der Waals surface area contributed by atoms with Crippen LogP contribution in [0, 0.1) is 12.1 Å². The van der Waals surface area contributed by atoms with Gasteiger partial charge in [-0.05, 0) is 0 Å². The molecule has 2 fully saturated rings. The van der Waals surface area contributed by atoms with Crippen molar-refractivity contribution in [1.29, 1.82) is 0 Å². The Morgan fingerprint density at radius 2 is 1.13 bits per heavy atom. The van der Waals surface area contributed by atoms with E-state index in [4.69, 9.17) is 18.9 Å². The van der Waals surface area contributed by atoms with Crippen LogP contribution in [0.1, 0.15) is 0 Å². The molecule has 2 atom stereocenters.